The third-order valence-corrected chi connectivity index (χ3v) is 32.9. The van der Waals surface area contributed by atoms with Gasteiger partial charge in [0.05, 0.1) is 0 Å². The fraction of sp³-hybridized carbons (Fsp3) is 1.00. The molecule has 0 heterocycles. The molecule has 0 fully saturated rings. The van der Waals surface area contributed by atoms with E-state index in [1.807, 2.05) is 62.3 Å². The molecule has 2 atom stereocenters. The predicted molar refractivity (Wildman–Crippen MR) is 342 cm³/mol. The third-order valence-electron chi connectivity index (χ3n) is 12.2. The van der Waals surface area contributed by atoms with E-state index in [-0.39, 0.29) is 0 Å². The van der Waals surface area contributed by atoms with Crippen LogP contribution in [0.4, 0.5) is 0 Å². The molecular weight excluding hydrogens is 1090 g/mol. The monoisotopic (exact) mass is 1200 g/mol. The van der Waals surface area contributed by atoms with Crippen LogP contribution >= 0.6 is 62.8 Å². The van der Waals surface area contributed by atoms with Crippen molar-refractivity contribution in [1.29, 1.82) is 0 Å². The lowest BCUT2D eigenvalue weighted by molar-refractivity contribution is -0.380. The summed E-state index contributed by atoms with van der Waals surface area (Å²) in [6.07, 6.45) is 33.0. The van der Waals surface area contributed by atoms with Gasteiger partial charge in [0.1, 0.15) is 51.0 Å². The molecule has 74 heavy (non-hydrogen) atoms. The summed E-state index contributed by atoms with van der Waals surface area (Å²) in [5.41, 5.74) is 0. The smallest absolute Gasteiger partial charge is 0.282 e. The average Bonchev–Trinajstić information content (AvgIpc) is 3.38. The van der Waals surface area contributed by atoms with Crippen molar-refractivity contribution in [2.24, 2.45) is 5.92 Å². The molecule has 0 aromatic carbocycles. The minimum atomic E-state index is -0.870. The highest BCUT2D eigenvalue weighted by Crippen LogP contribution is 2.44. The SMILES string of the molecule is CCCSS[S+](CCCCCCCCCC(OCC)(OCC)OCC)SCC(CCCCCCCCCC(OCC)(OCC)OCC)CS[S+](CCCCCCCCCC(OCC)(OCC)OCC)SSCCC. The van der Waals surface area contributed by atoms with Gasteiger partial charge in [0, 0.05) is 102 Å². The fourth-order valence-electron chi connectivity index (χ4n) is 8.68. The molecular formula is C57H118O9S8+2. The molecule has 0 saturated heterocycles. The summed E-state index contributed by atoms with van der Waals surface area (Å²) in [7, 11) is 14.1. The van der Waals surface area contributed by atoms with E-state index < -0.39 is 17.9 Å². The van der Waals surface area contributed by atoms with Gasteiger partial charge in [-0.3, -0.25) is 0 Å². The largest absolute Gasteiger partial charge is 0.328 e. The van der Waals surface area contributed by atoms with Gasteiger partial charge in [-0.15, -0.1) is 0 Å². The Balaban J connectivity index is 5.40. The maximum Gasteiger partial charge on any atom is 0.282 e. The third kappa shape index (κ3) is 42.3. The van der Waals surface area contributed by atoms with Gasteiger partial charge in [-0.05, 0) is 154 Å². The molecule has 0 aliphatic heterocycles. The summed E-state index contributed by atoms with van der Waals surface area (Å²) in [5.74, 6) is 6.03. The van der Waals surface area contributed by atoms with Crippen molar-refractivity contribution in [3.63, 3.8) is 0 Å². The molecule has 17 heteroatoms. The van der Waals surface area contributed by atoms with Gasteiger partial charge in [-0.2, -0.15) is 0 Å². The molecule has 0 bridgehead atoms. The number of hydrogen-bond donors (Lipinski definition) is 0. The highest BCUT2D eigenvalue weighted by molar-refractivity contribution is 9.24. The van der Waals surface area contributed by atoms with Crippen LogP contribution in [-0.2, 0) is 60.5 Å². The summed E-state index contributed by atoms with van der Waals surface area (Å²) >= 11 is 0. The molecule has 0 rings (SSSR count). The van der Waals surface area contributed by atoms with Crippen LogP contribution in [-0.4, -0.2) is 112 Å². The van der Waals surface area contributed by atoms with Gasteiger partial charge in [-0.1, -0.05) is 104 Å². The zero-order valence-corrected chi connectivity index (χ0v) is 56.2. The standard InChI is InChI=1S/C57H118O9S8/c1-12-48-67-71-73(50-42-36-30-24-28-34-40-46-56(61-17-6,62-18-7)63-19-8)69-52-54(44-38-32-26-23-27-33-39-45-55(58-14-3,59-15-4)60-16-5)53-70-74(72-68-49-13-2)51-43-37-31-25-29-35-41-47-57(64-20-9,65-21-10)66-22-11/h54H,12-53H2,1-11H3/q+2. The van der Waals surface area contributed by atoms with Gasteiger partial charge in [0.2, 0.25) is 0 Å². The lowest BCUT2D eigenvalue weighted by atomic mass is 10.0. The Labute approximate surface area is 487 Å². The van der Waals surface area contributed by atoms with E-state index in [2.05, 4.69) is 76.7 Å². The molecule has 0 aliphatic rings. The lowest BCUT2D eigenvalue weighted by Gasteiger charge is -2.32. The van der Waals surface area contributed by atoms with Crippen molar-refractivity contribution in [2.45, 2.75) is 267 Å². The van der Waals surface area contributed by atoms with E-state index in [0.717, 1.165) is 44.4 Å². The molecule has 0 amide bonds. The maximum atomic E-state index is 5.98. The van der Waals surface area contributed by atoms with E-state index >= 15 is 0 Å². The molecule has 0 aromatic rings. The number of unbranched alkanes of at least 4 members (excludes halogenated alkanes) is 18. The highest BCUT2D eigenvalue weighted by Gasteiger charge is 2.34. The number of hydrogen-bond acceptors (Lipinski definition) is 15. The Morgan fingerprint density at radius 3 is 0.811 bits per heavy atom. The minimum absolute atomic E-state index is 0.356. The van der Waals surface area contributed by atoms with Crippen LogP contribution in [0.25, 0.3) is 0 Å². The topological polar surface area (TPSA) is 83.1 Å². The van der Waals surface area contributed by atoms with Crippen molar-refractivity contribution < 1.29 is 42.6 Å². The quantitative estimate of drug-likeness (QED) is 0.0251. The Morgan fingerprint density at radius 1 is 0.311 bits per heavy atom. The van der Waals surface area contributed by atoms with Crippen LogP contribution in [0, 0.1) is 5.92 Å². The normalized spacial score (nSPS) is 13.8. The lowest BCUT2D eigenvalue weighted by Crippen LogP contribution is -2.39. The molecule has 2 unspecified atom stereocenters. The molecule has 446 valence electrons. The van der Waals surface area contributed by atoms with Crippen molar-refractivity contribution in [3.05, 3.63) is 0 Å². The van der Waals surface area contributed by atoms with Gasteiger partial charge in [-0.25, -0.2) is 0 Å². The summed E-state index contributed by atoms with van der Waals surface area (Å²) in [4.78, 5) is 0. The van der Waals surface area contributed by atoms with Gasteiger partial charge >= 0.3 is 0 Å². The fourth-order valence-corrected chi connectivity index (χ4v) is 29.3. The first kappa shape index (κ1) is 76.4. The van der Waals surface area contributed by atoms with Crippen molar-refractivity contribution in [3.8, 4) is 0 Å². The minimum Gasteiger partial charge on any atom is -0.328 e. The van der Waals surface area contributed by atoms with Crippen LogP contribution in [0.5, 0.6) is 0 Å². The summed E-state index contributed by atoms with van der Waals surface area (Å²) in [6, 6.07) is 0. The van der Waals surface area contributed by atoms with Crippen molar-refractivity contribution in [1.82, 2.24) is 0 Å². The van der Waals surface area contributed by atoms with E-state index in [9.17, 15) is 0 Å². The van der Waals surface area contributed by atoms with Crippen LogP contribution in [0.1, 0.15) is 250 Å². The second-order valence-corrected chi connectivity index (χ2v) is 35.6. The molecule has 0 spiro atoms. The van der Waals surface area contributed by atoms with E-state index in [4.69, 9.17) is 42.6 Å². The zero-order valence-electron chi connectivity index (χ0n) is 49.7. The average molecular weight is 1200 g/mol. The molecule has 9 nitrogen and oxygen atoms in total. The predicted octanol–water partition coefficient (Wildman–Crippen LogP) is 19.6. The van der Waals surface area contributed by atoms with Crippen molar-refractivity contribution in [2.75, 3.05) is 94.0 Å². The first-order valence-electron chi connectivity index (χ1n) is 30.2. The van der Waals surface area contributed by atoms with Crippen LogP contribution in [0.3, 0.4) is 0 Å². The van der Waals surface area contributed by atoms with Crippen LogP contribution in [0.15, 0.2) is 0 Å². The number of rotatable bonds is 62. The summed E-state index contributed by atoms with van der Waals surface area (Å²) < 4.78 is 53.7. The summed E-state index contributed by atoms with van der Waals surface area (Å²) in [6.45, 7) is 28.2. The van der Waals surface area contributed by atoms with Crippen molar-refractivity contribution >= 4 is 80.7 Å². The molecule has 0 saturated carbocycles. The zero-order chi connectivity index (χ0) is 54.5. The Hall–Kier alpha value is 2.44. The molecule has 0 aromatic heterocycles. The van der Waals surface area contributed by atoms with Gasteiger partial charge in [0.15, 0.2) is 19.7 Å². The maximum absolute atomic E-state index is 5.98. The second-order valence-electron chi connectivity index (χ2n) is 18.6. The first-order chi connectivity index (χ1) is 36.2. The number of ether oxygens (including phenoxy) is 9. The van der Waals surface area contributed by atoms with Gasteiger partial charge < -0.3 is 42.6 Å². The first-order valence-corrected chi connectivity index (χ1v) is 41.7. The second kappa shape index (κ2) is 55.9. The Morgan fingerprint density at radius 2 is 0.554 bits per heavy atom. The Bertz CT molecular complexity index is 1030. The molecule has 0 aliphatic carbocycles. The molecule has 0 N–H and O–H groups in total. The van der Waals surface area contributed by atoms with E-state index in [1.165, 1.54) is 169 Å². The Kier molecular flexibility index (Phi) is 57.8. The van der Waals surface area contributed by atoms with E-state index in [0.29, 0.717) is 77.4 Å². The van der Waals surface area contributed by atoms with E-state index in [1.54, 1.807) is 0 Å². The summed E-state index contributed by atoms with van der Waals surface area (Å²) in [5, 5.41) is 0. The molecule has 0 radical (unpaired) electrons. The van der Waals surface area contributed by atoms with Crippen LogP contribution in [0.2, 0.25) is 0 Å². The van der Waals surface area contributed by atoms with Crippen LogP contribution < -0.4 is 0 Å². The van der Waals surface area contributed by atoms with Gasteiger partial charge in [0.25, 0.3) is 17.9 Å². The highest BCUT2D eigenvalue weighted by atomic mass is 33.7.